The minimum Gasteiger partial charge on any atom is -0.463 e. The summed E-state index contributed by atoms with van der Waals surface area (Å²) in [6.45, 7) is 6.02. The summed E-state index contributed by atoms with van der Waals surface area (Å²) in [5.41, 5.74) is -0.137. The molecule has 0 saturated heterocycles. The van der Waals surface area contributed by atoms with Crippen LogP contribution in [0.4, 0.5) is 0 Å². The predicted molar refractivity (Wildman–Crippen MR) is 57.4 cm³/mol. The Kier molecular flexibility index (Phi) is 3.55. The maximum atomic E-state index is 11.0. The number of carbonyl (C=O) groups excluding carboxylic acids is 2. The zero-order chi connectivity index (χ0) is 11.6. The van der Waals surface area contributed by atoms with E-state index in [-0.39, 0.29) is 28.5 Å². The summed E-state index contributed by atoms with van der Waals surface area (Å²) >= 11 is 5.44. The van der Waals surface area contributed by atoms with Crippen LogP contribution in [0.5, 0.6) is 0 Å². The van der Waals surface area contributed by atoms with Crippen LogP contribution in [0.25, 0.3) is 0 Å². The molecule has 1 fully saturated rings. The number of ether oxygens (including phenoxy) is 1. The number of halogens is 1. The van der Waals surface area contributed by atoms with E-state index >= 15 is 0 Å². The Bertz CT molecular complexity index is 307. The van der Waals surface area contributed by atoms with Crippen LogP contribution in [0.2, 0.25) is 0 Å². The highest BCUT2D eigenvalue weighted by atomic mass is 35.5. The van der Waals surface area contributed by atoms with E-state index in [0.29, 0.717) is 6.61 Å². The molecule has 84 valence electrons. The summed E-state index contributed by atoms with van der Waals surface area (Å²) in [6.07, 6.45) is 3.08. The molecular formula is C11H15ClO3. The fourth-order valence-electron chi connectivity index (χ4n) is 1.84. The van der Waals surface area contributed by atoms with E-state index in [4.69, 9.17) is 16.3 Å². The average molecular weight is 231 g/mol. The number of esters is 1. The Labute approximate surface area is 94.4 Å². The molecule has 2 atom stereocenters. The van der Waals surface area contributed by atoms with Crippen LogP contribution in [0.15, 0.2) is 12.2 Å². The van der Waals surface area contributed by atoms with E-state index in [1.54, 1.807) is 13.0 Å². The molecule has 3 nitrogen and oxygen atoms in total. The molecule has 0 bridgehead atoms. The van der Waals surface area contributed by atoms with E-state index in [1.807, 2.05) is 13.8 Å². The fourth-order valence-corrected chi connectivity index (χ4v) is 2.26. The number of hydrogen-bond donors (Lipinski definition) is 0. The molecule has 0 radical (unpaired) electrons. The van der Waals surface area contributed by atoms with Crippen LogP contribution in [0.1, 0.15) is 20.8 Å². The van der Waals surface area contributed by atoms with Gasteiger partial charge in [-0.2, -0.15) is 0 Å². The number of allylic oxidation sites excluding steroid dienone is 1. The highest BCUT2D eigenvalue weighted by Gasteiger charge is 2.59. The zero-order valence-electron chi connectivity index (χ0n) is 9.12. The van der Waals surface area contributed by atoms with Gasteiger partial charge in [0.2, 0.25) is 5.24 Å². The van der Waals surface area contributed by atoms with Crippen molar-refractivity contribution in [3.63, 3.8) is 0 Å². The van der Waals surface area contributed by atoms with Crippen LogP contribution in [0.3, 0.4) is 0 Å². The van der Waals surface area contributed by atoms with Gasteiger partial charge in [-0.3, -0.25) is 4.79 Å². The van der Waals surface area contributed by atoms with Crippen molar-refractivity contribution in [3.8, 4) is 0 Å². The van der Waals surface area contributed by atoms with Crippen molar-refractivity contribution in [3.05, 3.63) is 12.2 Å². The molecule has 0 aromatic heterocycles. The maximum absolute atomic E-state index is 11.0. The topological polar surface area (TPSA) is 43.4 Å². The van der Waals surface area contributed by atoms with Gasteiger partial charge in [-0.25, -0.2) is 4.79 Å². The van der Waals surface area contributed by atoms with Crippen LogP contribution >= 0.6 is 11.6 Å². The SMILES string of the molecule is CCOC(=O)C=CC1C(C(=O)Cl)C1(C)C. The van der Waals surface area contributed by atoms with Crippen molar-refractivity contribution in [1.82, 2.24) is 0 Å². The van der Waals surface area contributed by atoms with Crippen molar-refractivity contribution in [2.75, 3.05) is 6.61 Å². The Morgan fingerprint density at radius 3 is 2.47 bits per heavy atom. The molecule has 1 rings (SSSR count). The molecule has 0 N–H and O–H groups in total. The van der Waals surface area contributed by atoms with Crippen molar-refractivity contribution in [2.45, 2.75) is 20.8 Å². The second kappa shape index (κ2) is 4.35. The molecule has 0 aromatic carbocycles. The molecule has 15 heavy (non-hydrogen) atoms. The molecule has 1 aliphatic rings. The molecule has 0 aromatic rings. The van der Waals surface area contributed by atoms with Crippen molar-refractivity contribution < 1.29 is 14.3 Å². The van der Waals surface area contributed by atoms with Gasteiger partial charge in [0.1, 0.15) is 0 Å². The fraction of sp³-hybridized carbons (Fsp3) is 0.636. The first-order chi connectivity index (χ1) is 6.91. The summed E-state index contributed by atoms with van der Waals surface area (Å²) in [5, 5.41) is -0.335. The van der Waals surface area contributed by atoms with Gasteiger partial charge in [-0.1, -0.05) is 19.9 Å². The lowest BCUT2D eigenvalue weighted by Gasteiger charge is -1.97. The van der Waals surface area contributed by atoms with E-state index < -0.39 is 0 Å². The standard InChI is InChI=1S/C11H15ClO3/c1-4-15-8(13)6-5-7-9(10(12)14)11(7,2)3/h5-7,9H,4H2,1-3H3. The first-order valence-corrected chi connectivity index (χ1v) is 5.33. The lowest BCUT2D eigenvalue weighted by atomic mass is 10.1. The Morgan fingerprint density at radius 1 is 1.47 bits per heavy atom. The number of carbonyl (C=O) groups is 2. The third-order valence-electron chi connectivity index (χ3n) is 2.88. The first-order valence-electron chi connectivity index (χ1n) is 4.95. The number of rotatable bonds is 4. The van der Waals surface area contributed by atoms with Crippen LogP contribution in [-0.2, 0) is 14.3 Å². The lowest BCUT2D eigenvalue weighted by molar-refractivity contribution is -0.137. The Morgan fingerprint density at radius 2 is 2.07 bits per heavy atom. The predicted octanol–water partition coefficient (Wildman–Crippen LogP) is 2.14. The molecule has 0 aliphatic heterocycles. The third kappa shape index (κ3) is 2.59. The molecule has 4 heteroatoms. The minimum atomic E-state index is -0.374. The van der Waals surface area contributed by atoms with Gasteiger partial charge in [0.25, 0.3) is 0 Å². The second-order valence-corrected chi connectivity index (χ2v) is 4.61. The highest BCUT2D eigenvalue weighted by molar-refractivity contribution is 6.64. The second-order valence-electron chi connectivity index (χ2n) is 4.24. The summed E-state index contributed by atoms with van der Waals surface area (Å²) in [6, 6.07) is 0. The Balaban J connectivity index is 2.55. The molecule has 1 aliphatic carbocycles. The summed E-state index contributed by atoms with van der Waals surface area (Å²) in [7, 11) is 0. The summed E-state index contributed by atoms with van der Waals surface area (Å²) in [4.78, 5) is 22.1. The van der Waals surface area contributed by atoms with Crippen molar-refractivity contribution in [1.29, 1.82) is 0 Å². The van der Waals surface area contributed by atoms with Crippen molar-refractivity contribution >= 4 is 22.8 Å². The van der Waals surface area contributed by atoms with Gasteiger partial charge in [0.05, 0.1) is 6.61 Å². The molecule has 0 heterocycles. The first kappa shape index (κ1) is 12.2. The van der Waals surface area contributed by atoms with E-state index in [0.717, 1.165) is 0 Å². The van der Waals surface area contributed by atoms with Gasteiger partial charge in [-0.15, -0.1) is 0 Å². The van der Waals surface area contributed by atoms with Crippen molar-refractivity contribution in [2.24, 2.45) is 17.3 Å². The summed E-state index contributed by atoms with van der Waals surface area (Å²) < 4.78 is 4.74. The highest BCUT2D eigenvalue weighted by Crippen LogP contribution is 2.59. The lowest BCUT2D eigenvalue weighted by Crippen LogP contribution is -1.99. The van der Waals surface area contributed by atoms with Gasteiger partial charge in [0.15, 0.2) is 0 Å². The normalized spacial score (nSPS) is 27.7. The monoisotopic (exact) mass is 230 g/mol. The zero-order valence-corrected chi connectivity index (χ0v) is 9.88. The molecule has 2 unspecified atom stereocenters. The van der Waals surface area contributed by atoms with E-state index in [1.165, 1.54) is 6.08 Å². The van der Waals surface area contributed by atoms with E-state index in [9.17, 15) is 9.59 Å². The number of hydrogen-bond acceptors (Lipinski definition) is 3. The smallest absolute Gasteiger partial charge is 0.330 e. The Hall–Kier alpha value is -0.830. The quantitative estimate of drug-likeness (QED) is 0.422. The molecule has 1 saturated carbocycles. The van der Waals surface area contributed by atoms with Crippen LogP contribution < -0.4 is 0 Å². The van der Waals surface area contributed by atoms with E-state index in [2.05, 4.69) is 0 Å². The van der Waals surface area contributed by atoms with Gasteiger partial charge in [0, 0.05) is 12.0 Å². The van der Waals surface area contributed by atoms with Gasteiger partial charge >= 0.3 is 5.97 Å². The largest absolute Gasteiger partial charge is 0.463 e. The molecule has 0 amide bonds. The maximum Gasteiger partial charge on any atom is 0.330 e. The minimum absolute atomic E-state index is 0.0481. The molecular weight excluding hydrogens is 216 g/mol. The third-order valence-corrected chi connectivity index (χ3v) is 3.12. The summed E-state index contributed by atoms with van der Waals surface area (Å²) in [5.74, 6) is -0.502. The van der Waals surface area contributed by atoms with Crippen LogP contribution in [-0.4, -0.2) is 17.8 Å². The van der Waals surface area contributed by atoms with Gasteiger partial charge < -0.3 is 4.74 Å². The van der Waals surface area contributed by atoms with Gasteiger partial charge in [-0.05, 0) is 29.9 Å². The average Bonchev–Trinajstić information content (AvgIpc) is 2.65. The van der Waals surface area contributed by atoms with Crippen LogP contribution in [0, 0.1) is 17.3 Å². The molecule has 0 spiro atoms.